The van der Waals surface area contributed by atoms with Gasteiger partial charge in [0.15, 0.2) is 5.78 Å². The van der Waals surface area contributed by atoms with Gasteiger partial charge in [0.25, 0.3) is 0 Å². The molecule has 8 nitrogen and oxygen atoms in total. The molecule has 4 aromatic rings. The van der Waals surface area contributed by atoms with Crippen LogP contribution in [-0.2, 0) is 17.8 Å². The summed E-state index contributed by atoms with van der Waals surface area (Å²) in [7, 11) is 2.91. The predicted octanol–water partition coefficient (Wildman–Crippen LogP) is 6.11. The molecule has 0 aliphatic rings. The number of rotatable bonds is 12. The van der Waals surface area contributed by atoms with Crippen molar-refractivity contribution in [3.63, 3.8) is 0 Å². The molecule has 0 spiro atoms. The van der Waals surface area contributed by atoms with Crippen molar-refractivity contribution >= 4 is 39.7 Å². The van der Waals surface area contributed by atoms with Crippen molar-refractivity contribution in [2.75, 3.05) is 32.5 Å². The molecule has 0 bridgehead atoms. The molecule has 0 atom stereocenters. The van der Waals surface area contributed by atoms with Gasteiger partial charge < -0.3 is 19.7 Å². The number of ketones is 1. The lowest BCUT2D eigenvalue weighted by Gasteiger charge is -2.16. The Morgan fingerprint density at radius 3 is 2.75 bits per heavy atom. The number of nitriles is 1. The van der Waals surface area contributed by atoms with E-state index in [9.17, 15) is 10.1 Å². The van der Waals surface area contributed by atoms with Crippen molar-refractivity contribution < 1.29 is 21.1 Å². The standard InChI is InChI=1S/C31H30ClN5O3/c1-4-39-30-17-28-26(15-21(30)14-25(38)9-7-13-37(2)3)31(22(18-33)19-35-28)36-23-10-11-29(27(32)16-23)40-20-24-8-5-6-12-34-24/h5-12,15-17,19H,4,13-14,20H2,1-3H3,(H,35,36)/b9-7+/i4D2,7D,13D2. The van der Waals surface area contributed by atoms with E-state index >= 15 is 0 Å². The second-order valence-corrected chi connectivity index (χ2v) is 9.17. The van der Waals surface area contributed by atoms with Crippen LogP contribution in [0.25, 0.3) is 10.9 Å². The number of allylic oxidation sites excluding steroid dienone is 1. The Balaban J connectivity index is 1.72. The molecule has 2 heterocycles. The molecule has 0 aliphatic heterocycles. The molecule has 4 rings (SSSR count). The van der Waals surface area contributed by atoms with Crippen LogP contribution in [0.2, 0.25) is 5.02 Å². The van der Waals surface area contributed by atoms with E-state index in [1.165, 1.54) is 38.2 Å². The van der Waals surface area contributed by atoms with Gasteiger partial charge in [-0.25, -0.2) is 0 Å². The molecule has 204 valence electrons. The third-order valence-corrected chi connectivity index (χ3v) is 5.87. The number of pyridine rings is 2. The predicted molar refractivity (Wildman–Crippen MR) is 157 cm³/mol. The van der Waals surface area contributed by atoms with E-state index < -0.39 is 24.9 Å². The highest BCUT2D eigenvalue weighted by molar-refractivity contribution is 6.32. The number of hydrogen-bond acceptors (Lipinski definition) is 8. The number of halogens is 1. The third-order valence-electron chi connectivity index (χ3n) is 5.57. The zero-order chi connectivity index (χ0) is 32.9. The average Bonchev–Trinajstić information content (AvgIpc) is 2.97. The summed E-state index contributed by atoms with van der Waals surface area (Å²) in [5, 5.41) is 13.9. The number of fused-ring (bicyclic) bond motifs is 1. The number of anilines is 2. The van der Waals surface area contributed by atoms with E-state index in [0.717, 1.165) is 11.8 Å². The van der Waals surface area contributed by atoms with E-state index in [1.54, 1.807) is 30.5 Å². The smallest absolute Gasteiger partial charge is 0.159 e. The second-order valence-electron chi connectivity index (χ2n) is 8.76. The van der Waals surface area contributed by atoms with E-state index in [-0.39, 0.29) is 29.9 Å². The van der Waals surface area contributed by atoms with E-state index in [1.807, 2.05) is 18.2 Å². The molecule has 9 heteroatoms. The first-order valence-electron chi connectivity index (χ1n) is 14.7. The topological polar surface area (TPSA) is 100 Å². The van der Waals surface area contributed by atoms with Crippen LogP contribution in [0.15, 0.2) is 73.1 Å². The van der Waals surface area contributed by atoms with Gasteiger partial charge in [0.2, 0.25) is 0 Å². The van der Waals surface area contributed by atoms with Crippen molar-refractivity contribution in [2.24, 2.45) is 0 Å². The molecule has 40 heavy (non-hydrogen) atoms. The molecule has 0 saturated heterocycles. The van der Waals surface area contributed by atoms with Crippen molar-refractivity contribution in [2.45, 2.75) is 20.0 Å². The maximum absolute atomic E-state index is 13.0. The largest absolute Gasteiger partial charge is 0.494 e. The van der Waals surface area contributed by atoms with Gasteiger partial charge in [-0.2, -0.15) is 5.26 Å². The summed E-state index contributed by atoms with van der Waals surface area (Å²) in [4.78, 5) is 22.8. The summed E-state index contributed by atoms with van der Waals surface area (Å²) < 4.78 is 51.4. The van der Waals surface area contributed by atoms with Gasteiger partial charge in [-0.05, 0) is 63.5 Å². The van der Waals surface area contributed by atoms with Gasteiger partial charge in [-0.3, -0.25) is 14.8 Å². The lowest BCUT2D eigenvalue weighted by molar-refractivity contribution is -0.114. The molecule has 0 aliphatic carbocycles. The summed E-state index contributed by atoms with van der Waals surface area (Å²) >= 11 is 6.51. The summed E-state index contributed by atoms with van der Waals surface area (Å²) in [6, 6.07) is 15.1. The highest BCUT2D eigenvalue weighted by atomic mass is 35.5. The van der Waals surface area contributed by atoms with E-state index in [0.29, 0.717) is 33.0 Å². The number of hydrogen-bond donors (Lipinski definition) is 1. The van der Waals surface area contributed by atoms with Crippen LogP contribution in [0.1, 0.15) is 30.6 Å². The van der Waals surface area contributed by atoms with Gasteiger partial charge >= 0.3 is 0 Å². The Morgan fingerprint density at radius 1 is 1.20 bits per heavy atom. The van der Waals surface area contributed by atoms with Gasteiger partial charge in [0.05, 0.1) is 38.2 Å². The van der Waals surface area contributed by atoms with Crippen LogP contribution >= 0.6 is 11.6 Å². The number of likely N-dealkylation sites (N-methyl/N-ethyl adjacent to an activating group) is 1. The summed E-state index contributed by atoms with van der Waals surface area (Å²) in [6.45, 7) is -2.85. The average molecular weight is 561 g/mol. The first-order chi connectivity index (χ1) is 21.2. The normalized spacial score (nSPS) is 13.9. The highest BCUT2D eigenvalue weighted by Gasteiger charge is 2.16. The number of carbonyl (C=O) groups is 1. The van der Waals surface area contributed by atoms with Crippen molar-refractivity contribution in [3.8, 4) is 17.6 Å². The van der Waals surface area contributed by atoms with Gasteiger partial charge in [0.1, 0.15) is 24.2 Å². The molecule has 2 aromatic heterocycles. The quantitative estimate of drug-likeness (QED) is 0.207. The van der Waals surface area contributed by atoms with Crippen LogP contribution in [0.3, 0.4) is 0 Å². The summed E-state index contributed by atoms with van der Waals surface area (Å²) in [5.41, 5.74) is 2.43. The zero-order valence-corrected chi connectivity index (χ0v) is 22.9. The van der Waals surface area contributed by atoms with Gasteiger partial charge in [-0.15, -0.1) is 0 Å². The number of aromatic nitrogens is 2. The number of carbonyl (C=O) groups excluding carboxylic acids is 1. The minimum absolute atomic E-state index is 0.0412. The highest BCUT2D eigenvalue weighted by Crippen LogP contribution is 2.36. The summed E-state index contributed by atoms with van der Waals surface area (Å²) in [5.74, 6) is -0.122. The third kappa shape index (κ3) is 7.35. The fourth-order valence-electron chi connectivity index (χ4n) is 3.78. The van der Waals surface area contributed by atoms with Crippen LogP contribution in [0.5, 0.6) is 11.5 Å². The molecular formula is C31H30ClN5O3. The Morgan fingerprint density at radius 2 is 2.05 bits per heavy atom. The number of nitrogens with one attached hydrogen (secondary N) is 1. The Bertz CT molecular complexity index is 1790. The van der Waals surface area contributed by atoms with Crippen LogP contribution in [0.4, 0.5) is 11.4 Å². The molecule has 0 saturated carbocycles. The monoisotopic (exact) mass is 560 g/mol. The van der Waals surface area contributed by atoms with Crippen molar-refractivity contribution in [1.29, 1.82) is 5.26 Å². The first kappa shape index (κ1) is 22.4. The fourth-order valence-corrected chi connectivity index (χ4v) is 4.02. The first-order valence-corrected chi connectivity index (χ1v) is 12.6. The lowest BCUT2D eigenvalue weighted by atomic mass is 10.0. The molecule has 0 amide bonds. The number of ether oxygens (including phenoxy) is 2. The van der Waals surface area contributed by atoms with Crippen LogP contribution in [-0.4, -0.2) is 47.8 Å². The lowest BCUT2D eigenvalue weighted by Crippen LogP contribution is -2.11. The minimum atomic E-state index is -2.18. The van der Waals surface area contributed by atoms with Crippen LogP contribution in [0, 0.1) is 11.3 Å². The fraction of sp³-hybridized carbons (Fsp3) is 0.226. The number of nitrogens with zero attached hydrogens (tertiary/aromatic N) is 4. The Hall–Kier alpha value is -4.45. The summed E-state index contributed by atoms with van der Waals surface area (Å²) in [6.07, 6.45) is 3.60. The van der Waals surface area contributed by atoms with Crippen LogP contribution < -0.4 is 14.8 Å². The molecule has 2 aromatic carbocycles. The van der Waals surface area contributed by atoms with Gasteiger partial charge in [0, 0.05) is 50.8 Å². The van der Waals surface area contributed by atoms with Gasteiger partial charge in [-0.1, -0.05) is 23.7 Å². The maximum Gasteiger partial charge on any atom is 0.159 e. The van der Waals surface area contributed by atoms with Crippen molar-refractivity contribution in [3.05, 3.63) is 94.9 Å². The maximum atomic E-state index is 13.0. The second kappa shape index (κ2) is 13.6. The molecular weight excluding hydrogens is 526 g/mol. The SMILES string of the molecule is [2H]/C(=C\C(=O)Cc1cc2c(Nc3ccc(OCc4ccccn4)c(Cl)c3)c(C#N)cnc2cc1OC([2H])([2H])C)C([2H])([2H])N(C)C. The molecule has 0 unspecified atom stereocenters. The molecule has 0 fully saturated rings. The van der Waals surface area contributed by atoms with E-state index in [2.05, 4.69) is 21.4 Å². The van der Waals surface area contributed by atoms with E-state index in [4.69, 9.17) is 27.9 Å². The molecule has 0 radical (unpaired) electrons. The Kier molecular flexibility index (Phi) is 7.59. The molecule has 1 N–H and O–H groups in total. The Labute approximate surface area is 245 Å². The minimum Gasteiger partial charge on any atom is -0.494 e. The van der Waals surface area contributed by atoms with Crippen molar-refractivity contribution in [1.82, 2.24) is 14.9 Å². The number of benzene rings is 2. The zero-order valence-electron chi connectivity index (χ0n) is 27.2.